The van der Waals surface area contributed by atoms with E-state index in [9.17, 15) is 10.1 Å². The number of nitrogens with zero attached hydrogens (tertiary/aromatic N) is 2. The Balaban J connectivity index is 1.20. The second-order valence-electron chi connectivity index (χ2n) is 17.9. The first-order valence-electron chi connectivity index (χ1n) is 21.3. The lowest BCUT2D eigenvalue weighted by Crippen LogP contribution is -2.27. The largest absolute Gasteiger partial charge is 0.308 e. The van der Waals surface area contributed by atoms with E-state index in [1.165, 1.54) is 93.8 Å². The number of fused-ring (bicyclic) bond motifs is 25. The van der Waals surface area contributed by atoms with Gasteiger partial charge in [-0.2, -0.15) is 5.26 Å². The molecule has 0 aliphatic heterocycles. The van der Waals surface area contributed by atoms with Crippen molar-refractivity contribution < 1.29 is 4.79 Å². The van der Waals surface area contributed by atoms with Crippen molar-refractivity contribution in [3.63, 3.8) is 0 Å². The smallest absolute Gasteiger partial charge is 0.166 e. The van der Waals surface area contributed by atoms with Crippen molar-refractivity contribution in [2.24, 2.45) is 5.92 Å². The number of carbonyl (C=O) groups is 1. The van der Waals surface area contributed by atoms with Crippen LogP contribution in [0.1, 0.15) is 97.6 Å². The molecule has 0 unspecified atom stereocenters. The Bertz CT molecular complexity index is 3350. The van der Waals surface area contributed by atoms with Crippen molar-refractivity contribution in [1.29, 1.82) is 5.26 Å². The molecular weight excluding hydrogens is 705 g/mol. The van der Waals surface area contributed by atoms with E-state index >= 15 is 0 Å². The zero-order chi connectivity index (χ0) is 38.0. The first kappa shape index (κ1) is 31.6. The number of ketones is 1. The lowest BCUT2D eigenvalue weighted by Gasteiger charge is -2.31. The average Bonchev–Trinajstić information content (AvgIpc) is 3.93. The molecule has 9 aromatic rings. The minimum absolute atomic E-state index is 0.123. The lowest BCUT2D eigenvalue weighted by atomic mass is 9.69. The highest BCUT2D eigenvalue weighted by molar-refractivity contribution is 6.29. The number of hydrogen-bond donors (Lipinski definition) is 0. The SMILES string of the molecule is N#Cc1cc2c(c3c1C1(c4ccccc4-c4ccccc41)c1ccccc1-3)c1c3cc(c4c5cc6c(cc5n2c41)C(=O)C1CCC6CC1)CCc1cccc(c1)CC3. The van der Waals surface area contributed by atoms with Crippen molar-refractivity contribution in [1.82, 2.24) is 4.40 Å². The van der Waals surface area contributed by atoms with Crippen LogP contribution in [0.15, 0.2) is 121 Å². The Labute approximate surface area is 336 Å². The summed E-state index contributed by atoms with van der Waals surface area (Å²) in [4.78, 5) is 14.3. The number of carbonyl (C=O) groups excluding carboxylic acids is 1. The summed E-state index contributed by atoms with van der Waals surface area (Å²) in [5.74, 6) is 0.892. The molecule has 1 fully saturated rings. The van der Waals surface area contributed by atoms with Crippen LogP contribution >= 0.6 is 0 Å². The fraction of sp³-hybridized carbons (Fsp3) is 0.200. The summed E-state index contributed by atoms with van der Waals surface area (Å²) in [6, 6.07) is 48.3. The molecule has 7 aromatic carbocycles. The van der Waals surface area contributed by atoms with Crippen LogP contribution in [0, 0.1) is 17.2 Å². The van der Waals surface area contributed by atoms with E-state index in [1.807, 2.05) is 0 Å². The van der Waals surface area contributed by atoms with Crippen LogP contribution in [0.2, 0.25) is 0 Å². The van der Waals surface area contributed by atoms with E-state index < -0.39 is 5.41 Å². The summed E-state index contributed by atoms with van der Waals surface area (Å²) < 4.78 is 2.50. The molecule has 0 radical (unpaired) electrons. The minimum atomic E-state index is -0.623. The quantitative estimate of drug-likeness (QED) is 0.155. The van der Waals surface area contributed by atoms with Crippen LogP contribution < -0.4 is 0 Å². The molecule has 6 aliphatic carbocycles. The summed E-state index contributed by atoms with van der Waals surface area (Å²) in [5, 5.41) is 16.6. The van der Waals surface area contributed by atoms with Gasteiger partial charge in [-0.25, -0.2) is 0 Å². The third-order valence-corrected chi connectivity index (χ3v) is 15.4. The maximum absolute atomic E-state index is 14.3. The predicted molar refractivity (Wildman–Crippen MR) is 232 cm³/mol. The van der Waals surface area contributed by atoms with Gasteiger partial charge < -0.3 is 4.40 Å². The van der Waals surface area contributed by atoms with Crippen LogP contribution in [-0.2, 0) is 31.1 Å². The molecule has 274 valence electrons. The standard InChI is InChI=1S/C55H38N2O/c56-29-36-26-47-51(50-39-12-3-6-15-45(39)55(52(36)50)43-13-4-1-10-37(43)38-11-2-5-14-44(38)55)49-35-19-17-31-9-7-8-30(24-31)16-18-34(25-35)48-42-27-40-32-20-22-33(23-21-32)54(58)41(40)28-46(42)57(47)53(48)49/h1-15,24-28,32-33H,16-23H2. The molecule has 6 aliphatic rings. The second kappa shape index (κ2) is 10.9. The number of hydrogen-bond acceptors (Lipinski definition) is 2. The highest BCUT2D eigenvalue weighted by Gasteiger charge is 2.53. The highest BCUT2D eigenvalue weighted by atomic mass is 16.1. The average molecular weight is 743 g/mol. The van der Waals surface area contributed by atoms with Gasteiger partial charge in [0.15, 0.2) is 5.78 Å². The Morgan fingerprint density at radius 2 is 1.19 bits per heavy atom. The Kier molecular flexibility index (Phi) is 5.94. The molecule has 3 heteroatoms. The Morgan fingerprint density at radius 3 is 1.88 bits per heavy atom. The number of Topliss-reactive ketones (excluding diaryl/α,β-unsaturated/α-hetero) is 1. The molecule has 0 N–H and O–H groups in total. The van der Waals surface area contributed by atoms with Crippen molar-refractivity contribution in [2.75, 3.05) is 0 Å². The summed E-state index contributed by atoms with van der Waals surface area (Å²) in [6.07, 6.45) is 8.01. The van der Waals surface area contributed by atoms with Gasteiger partial charge in [-0.3, -0.25) is 4.79 Å². The minimum Gasteiger partial charge on any atom is -0.308 e. The number of nitriles is 1. The van der Waals surface area contributed by atoms with Gasteiger partial charge in [0.05, 0.1) is 33.6 Å². The highest BCUT2D eigenvalue weighted by Crippen LogP contribution is 2.65. The second-order valence-corrected chi connectivity index (χ2v) is 17.9. The van der Waals surface area contributed by atoms with Crippen LogP contribution in [0.3, 0.4) is 0 Å². The molecule has 6 bridgehead atoms. The molecule has 2 aromatic heterocycles. The molecule has 58 heavy (non-hydrogen) atoms. The molecule has 2 heterocycles. The Morgan fingerprint density at radius 1 is 0.569 bits per heavy atom. The Hall–Kier alpha value is -6.50. The summed E-state index contributed by atoms with van der Waals surface area (Å²) in [7, 11) is 0. The van der Waals surface area contributed by atoms with Crippen LogP contribution in [-0.4, -0.2) is 10.2 Å². The van der Waals surface area contributed by atoms with Gasteiger partial charge in [0.2, 0.25) is 0 Å². The maximum Gasteiger partial charge on any atom is 0.166 e. The van der Waals surface area contributed by atoms with Gasteiger partial charge >= 0.3 is 0 Å². The van der Waals surface area contributed by atoms with Crippen LogP contribution in [0.25, 0.3) is 60.3 Å². The first-order valence-corrected chi connectivity index (χ1v) is 21.3. The van der Waals surface area contributed by atoms with Gasteiger partial charge in [-0.1, -0.05) is 103 Å². The summed E-state index contributed by atoms with van der Waals surface area (Å²) >= 11 is 0. The predicted octanol–water partition coefficient (Wildman–Crippen LogP) is 12.4. The van der Waals surface area contributed by atoms with Gasteiger partial charge in [0.25, 0.3) is 0 Å². The fourth-order valence-corrected chi connectivity index (χ4v) is 13.1. The summed E-state index contributed by atoms with van der Waals surface area (Å²) in [5.41, 5.74) is 21.1. The van der Waals surface area contributed by atoms with E-state index in [0.29, 0.717) is 11.7 Å². The van der Waals surface area contributed by atoms with Gasteiger partial charge in [-0.05, 0) is 148 Å². The molecule has 0 saturated heterocycles. The monoisotopic (exact) mass is 742 g/mol. The first-order chi connectivity index (χ1) is 28.6. The normalized spacial score (nSPS) is 19.3. The summed E-state index contributed by atoms with van der Waals surface area (Å²) in [6.45, 7) is 0. The molecule has 1 spiro atoms. The molecule has 0 atom stereocenters. The number of benzene rings is 7. The van der Waals surface area contributed by atoms with Gasteiger partial charge in [0.1, 0.15) is 0 Å². The third-order valence-electron chi connectivity index (χ3n) is 15.4. The van der Waals surface area contributed by atoms with Crippen molar-refractivity contribution in [2.45, 2.75) is 62.7 Å². The third kappa shape index (κ3) is 3.65. The molecule has 3 nitrogen and oxygen atoms in total. The molecule has 0 amide bonds. The molecule has 1 saturated carbocycles. The zero-order valence-electron chi connectivity index (χ0n) is 32.2. The maximum atomic E-state index is 14.3. The van der Waals surface area contributed by atoms with Crippen molar-refractivity contribution in [3.05, 3.63) is 183 Å². The van der Waals surface area contributed by atoms with Gasteiger partial charge in [-0.15, -0.1) is 0 Å². The molecular formula is C55H38N2O. The van der Waals surface area contributed by atoms with Crippen LogP contribution in [0.4, 0.5) is 0 Å². The van der Waals surface area contributed by atoms with E-state index in [0.717, 1.165) is 79.1 Å². The molecule has 15 rings (SSSR count). The van der Waals surface area contributed by atoms with Crippen LogP contribution in [0.5, 0.6) is 0 Å². The number of rotatable bonds is 0. The van der Waals surface area contributed by atoms with Crippen molar-refractivity contribution in [3.8, 4) is 28.3 Å². The fourth-order valence-electron chi connectivity index (χ4n) is 13.1. The number of aromatic nitrogens is 1. The van der Waals surface area contributed by atoms with E-state index in [4.69, 9.17) is 0 Å². The zero-order valence-corrected chi connectivity index (χ0v) is 32.2. The van der Waals surface area contributed by atoms with E-state index in [2.05, 4.69) is 132 Å². The van der Waals surface area contributed by atoms with Crippen molar-refractivity contribution >= 4 is 43.9 Å². The van der Waals surface area contributed by atoms with E-state index in [1.54, 1.807) is 0 Å². The lowest BCUT2D eigenvalue weighted by molar-refractivity contribution is 0.0898. The van der Waals surface area contributed by atoms with E-state index in [-0.39, 0.29) is 5.92 Å². The topological polar surface area (TPSA) is 45.3 Å². The van der Waals surface area contributed by atoms with Gasteiger partial charge in [0, 0.05) is 33.0 Å². The number of aryl methyl sites for hydroxylation is 4.